The second kappa shape index (κ2) is 23.1. The van der Waals surface area contributed by atoms with Crippen molar-refractivity contribution in [3.63, 3.8) is 0 Å². The highest BCUT2D eigenvalue weighted by Crippen LogP contribution is 2.52. The van der Waals surface area contributed by atoms with Gasteiger partial charge in [0.05, 0.1) is 24.4 Å². The second-order valence-corrected chi connectivity index (χ2v) is 26.2. The monoisotopic (exact) mass is 1040 g/mol. The first-order chi connectivity index (χ1) is 31.2. The highest BCUT2D eigenvalue weighted by Gasteiger charge is 2.47. The van der Waals surface area contributed by atoms with Crippen LogP contribution in [0.4, 0.5) is 8.78 Å². The quantitative estimate of drug-likeness (QED) is 0.161. The Kier molecular flexibility index (Phi) is 18.1. The van der Waals surface area contributed by atoms with Crippen LogP contribution in [0.2, 0.25) is 0 Å². The number of rotatable bonds is 14. The molecule has 0 aromatic rings. The van der Waals surface area contributed by atoms with Gasteiger partial charge in [-0.1, -0.05) is 58.5 Å². The summed E-state index contributed by atoms with van der Waals surface area (Å²) in [5, 5.41) is 0. The summed E-state index contributed by atoms with van der Waals surface area (Å²) in [5.74, 6) is 2.86. The zero-order valence-corrected chi connectivity index (χ0v) is 43.2. The lowest BCUT2D eigenvalue weighted by Crippen LogP contribution is -2.46. The zero-order valence-electron chi connectivity index (χ0n) is 40.1. The van der Waals surface area contributed by atoms with Crippen molar-refractivity contribution >= 4 is 55.0 Å². The summed E-state index contributed by atoms with van der Waals surface area (Å²) in [7, 11) is 0. The normalized spacial score (nSPS) is 43.6. The lowest BCUT2D eigenvalue weighted by molar-refractivity contribution is -0.135. The van der Waals surface area contributed by atoms with Crippen molar-refractivity contribution in [1.29, 1.82) is 0 Å². The van der Waals surface area contributed by atoms with Gasteiger partial charge >= 0.3 is 0 Å². The molecule has 8 rings (SSSR count). The van der Waals surface area contributed by atoms with Crippen LogP contribution in [0.1, 0.15) is 206 Å². The predicted octanol–water partition coefficient (Wildman–Crippen LogP) is 14.0. The summed E-state index contributed by atoms with van der Waals surface area (Å²) in [5.41, 5.74) is 0.206. The van der Waals surface area contributed by atoms with Crippen LogP contribution < -0.4 is 0 Å². The second-order valence-electron chi connectivity index (χ2n) is 23.8. The molecule has 0 aliphatic heterocycles. The van der Waals surface area contributed by atoms with E-state index in [0.29, 0.717) is 109 Å². The number of carbonyl (C=O) groups is 4. The van der Waals surface area contributed by atoms with Gasteiger partial charge in [0.2, 0.25) is 0 Å². The van der Waals surface area contributed by atoms with Crippen LogP contribution in [0.5, 0.6) is 0 Å². The van der Waals surface area contributed by atoms with E-state index in [1.54, 1.807) is 0 Å². The number of ether oxygens (including phenoxy) is 2. The Morgan fingerprint density at radius 2 is 0.677 bits per heavy atom. The molecule has 8 aliphatic carbocycles. The fourth-order valence-corrected chi connectivity index (χ4v) is 16.7. The van der Waals surface area contributed by atoms with E-state index in [1.165, 1.54) is 12.8 Å². The SMILES string of the molecule is CC(C)(C1CCC(OC2CCC(C(=O)C3CCCC(C(=O)C4CCC(F)CC4)C3)CC2)C(Br)C1)C1CCC(OC2CCC(C(=O)C3CCCC(C(=O)C4CCC(F)CC4)C3)CC2)C(Br)C1. The number of hydrogen-bond donors (Lipinski definition) is 0. The van der Waals surface area contributed by atoms with Gasteiger partial charge in [0, 0.05) is 57.0 Å². The van der Waals surface area contributed by atoms with Crippen molar-refractivity contribution in [3.8, 4) is 0 Å². The predicted molar refractivity (Wildman–Crippen MR) is 260 cm³/mol. The maximum Gasteiger partial charge on any atom is 0.139 e. The van der Waals surface area contributed by atoms with Gasteiger partial charge in [-0.05, 0) is 197 Å². The molecule has 368 valence electrons. The molecule has 0 aromatic carbocycles. The molecule has 8 fully saturated rings. The van der Waals surface area contributed by atoms with Crippen molar-refractivity contribution in [2.24, 2.45) is 64.6 Å². The molecule has 0 bridgehead atoms. The number of hydrogen-bond acceptors (Lipinski definition) is 6. The van der Waals surface area contributed by atoms with E-state index in [4.69, 9.17) is 9.47 Å². The molecular weight excluding hydrogens is 954 g/mol. The highest BCUT2D eigenvalue weighted by molar-refractivity contribution is 9.09. The van der Waals surface area contributed by atoms with Crippen LogP contribution in [0.3, 0.4) is 0 Å². The average molecular weight is 1040 g/mol. The van der Waals surface area contributed by atoms with E-state index in [2.05, 4.69) is 45.7 Å². The van der Waals surface area contributed by atoms with Crippen LogP contribution in [0, 0.1) is 64.6 Å². The molecule has 8 saturated carbocycles. The highest BCUT2D eigenvalue weighted by atomic mass is 79.9. The minimum Gasteiger partial charge on any atom is -0.374 e. The van der Waals surface area contributed by atoms with E-state index in [1.807, 2.05) is 0 Å². The van der Waals surface area contributed by atoms with Gasteiger partial charge < -0.3 is 9.47 Å². The molecule has 0 aromatic heterocycles. The maximum atomic E-state index is 13.8. The number of ketones is 4. The fraction of sp³-hybridized carbons (Fsp3) is 0.927. The Balaban J connectivity index is 0.719. The van der Waals surface area contributed by atoms with Crippen LogP contribution in [-0.4, -0.2) is 69.5 Å². The largest absolute Gasteiger partial charge is 0.374 e. The number of alkyl halides is 4. The summed E-state index contributed by atoms with van der Waals surface area (Å²) < 4.78 is 41.1. The standard InChI is InChI=1S/C55H84Br2F2O6/c1-55(2,41-17-27-49(47(56)31-41)64-45-23-13-35(14-24-45)53(62)39-7-3-5-37(29-39)51(60)33-9-19-43(58)20-10-33)42-18-28-50(48(57)32-42)65-46-25-15-36(16-26-46)54(63)40-8-4-6-38(30-40)52(61)34-11-21-44(59)22-12-34/h33-50H,3-32H2,1-2H3. The van der Waals surface area contributed by atoms with Crippen molar-refractivity contribution < 1.29 is 37.4 Å². The van der Waals surface area contributed by atoms with Crippen LogP contribution >= 0.6 is 31.9 Å². The molecule has 10 unspecified atom stereocenters. The Morgan fingerprint density at radius 3 is 0.969 bits per heavy atom. The van der Waals surface area contributed by atoms with Crippen molar-refractivity contribution in [1.82, 2.24) is 0 Å². The minimum atomic E-state index is -0.749. The summed E-state index contributed by atoms with van der Waals surface area (Å²) in [6, 6.07) is 0. The molecular formula is C55H84Br2F2O6. The first-order valence-corrected chi connectivity index (χ1v) is 29.1. The van der Waals surface area contributed by atoms with E-state index in [-0.39, 0.29) is 77.2 Å². The third-order valence-electron chi connectivity index (χ3n) is 19.5. The Morgan fingerprint density at radius 1 is 0.385 bits per heavy atom. The molecule has 0 heterocycles. The van der Waals surface area contributed by atoms with Gasteiger partial charge in [0.25, 0.3) is 0 Å². The van der Waals surface area contributed by atoms with Gasteiger partial charge in [0.1, 0.15) is 35.5 Å². The van der Waals surface area contributed by atoms with E-state index in [9.17, 15) is 28.0 Å². The summed E-state index contributed by atoms with van der Waals surface area (Å²) >= 11 is 8.22. The molecule has 0 radical (unpaired) electrons. The maximum absolute atomic E-state index is 13.8. The molecule has 10 heteroatoms. The summed E-state index contributed by atoms with van der Waals surface area (Å²) in [6.45, 7) is 5.01. The molecule has 0 amide bonds. The number of carbonyl (C=O) groups excluding carboxylic acids is 4. The van der Waals surface area contributed by atoms with Crippen LogP contribution in [0.15, 0.2) is 0 Å². The van der Waals surface area contributed by atoms with Gasteiger partial charge in [-0.25, -0.2) is 8.78 Å². The Labute approximate surface area is 407 Å². The van der Waals surface area contributed by atoms with Gasteiger partial charge in [0.15, 0.2) is 0 Å². The molecule has 0 spiro atoms. The van der Waals surface area contributed by atoms with E-state index >= 15 is 0 Å². The first-order valence-electron chi connectivity index (χ1n) is 27.2. The number of Topliss-reactive ketones (excluding diaryl/α,β-unsaturated/α-hetero) is 4. The molecule has 65 heavy (non-hydrogen) atoms. The van der Waals surface area contributed by atoms with E-state index in [0.717, 1.165) is 116 Å². The Hall–Kier alpha value is -0.580. The third-order valence-corrected chi connectivity index (χ3v) is 21.4. The fourth-order valence-electron chi connectivity index (χ4n) is 15.0. The first kappa shape index (κ1) is 50.8. The lowest BCUT2D eigenvalue weighted by atomic mass is 9.60. The van der Waals surface area contributed by atoms with Gasteiger partial charge in [-0.15, -0.1) is 0 Å². The zero-order chi connectivity index (χ0) is 45.8. The molecule has 10 atom stereocenters. The average Bonchev–Trinajstić information content (AvgIpc) is 3.33. The topological polar surface area (TPSA) is 86.7 Å². The van der Waals surface area contributed by atoms with Crippen molar-refractivity contribution in [2.45, 2.75) is 253 Å². The molecule has 6 nitrogen and oxygen atoms in total. The third kappa shape index (κ3) is 12.7. The van der Waals surface area contributed by atoms with Crippen LogP contribution in [-0.2, 0) is 28.7 Å². The van der Waals surface area contributed by atoms with E-state index < -0.39 is 12.3 Å². The summed E-state index contributed by atoms with van der Waals surface area (Å²) in [6.07, 6.45) is 25.1. The molecule has 0 saturated heterocycles. The van der Waals surface area contributed by atoms with Gasteiger partial charge in [-0.2, -0.15) is 0 Å². The minimum absolute atomic E-state index is 0.00230. The molecule has 0 N–H and O–H groups in total. The smallest absolute Gasteiger partial charge is 0.139 e. The molecule has 8 aliphatic rings. The summed E-state index contributed by atoms with van der Waals surface area (Å²) in [4.78, 5) is 54.9. The van der Waals surface area contributed by atoms with Crippen molar-refractivity contribution in [2.75, 3.05) is 0 Å². The van der Waals surface area contributed by atoms with Crippen molar-refractivity contribution in [3.05, 3.63) is 0 Å². The Bertz CT molecular complexity index is 1480. The van der Waals surface area contributed by atoms with Gasteiger partial charge in [-0.3, -0.25) is 19.2 Å². The van der Waals surface area contributed by atoms with Crippen LogP contribution in [0.25, 0.3) is 0 Å². The lowest BCUT2D eigenvalue weighted by Gasteiger charge is -2.49. The number of halogens is 4.